The van der Waals surface area contributed by atoms with Crippen molar-refractivity contribution in [3.63, 3.8) is 0 Å². The molecule has 8 nitrogen and oxygen atoms in total. The highest BCUT2D eigenvalue weighted by molar-refractivity contribution is 5.86. The van der Waals surface area contributed by atoms with Gasteiger partial charge in [0.1, 0.15) is 12.0 Å². The Kier molecular flexibility index (Phi) is 4.31. The number of nitrogens with zero attached hydrogens (tertiary/aromatic N) is 5. The number of likely N-dealkylation sites (tertiary alicyclic amines) is 1. The molecule has 146 valence electrons. The molecule has 0 atom stereocenters. The molecular weight excluding hydrogens is 370 g/mol. The first-order valence-electron chi connectivity index (χ1n) is 9.63. The van der Waals surface area contributed by atoms with Crippen LogP contribution in [0.4, 0.5) is 0 Å². The van der Waals surface area contributed by atoms with Crippen LogP contribution in [0.25, 0.3) is 22.0 Å². The number of benzene rings is 1. The fourth-order valence-corrected chi connectivity index (χ4v) is 3.95. The second-order valence-electron chi connectivity index (χ2n) is 7.25. The fourth-order valence-electron chi connectivity index (χ4n) is 3.95. The zero-order valence-electron chi connectivity index (χ0n) is 15.7. The lowest BCUT2D eigenvalue weighted by molar-refractivity contribution is -0.131. The molecule has 5 rings (SSSR count). The van der Waals surface area contributed by atoms with E-state index < -0.39 is 0 Å². The van der Waals surface area contributed by atoms with Crippen molar-refractivity contribution in [2.75, 3.05) is 13.1 Å². The molecule has 1 aliphatic heterocycles. The van der Waals surface area contributed by atoms with E-state index in [1.54, 1.807) is 29.2 Å². The SMILES string of the molecule is O=C(Cc1noc2ccccc12)N1CCC(n2cnc3ncccc3c2=O)CC1. The molecule has 4 aromatic rings. The predicted octanol–water partition coefficient (Wildman–Crippen LogP) is 2.34. The molecule has 0 radical (unpaired) electrons. The maximum absolute atomic E-state index is 12.8. The molecule has 29 heavy (non-hydrogen) atoms. The molecule has 0 unspecified atom stereocenters. The molecule has 1 aliphatic rings. The number of hydrogen-bond donors (Lipinski definition) is 0. The lowest BCUT2D eigenvalue weighted by Gasteiger charge is -2.32. The fraction of sp³-hybridized carbons (Fsp3) is 0.286. The molecule has 3 aromatic heterocycles. The van der Waals surface area contributed by atoms with E-state index in [0.717, 1.165) is 5.39 Å². The van der Waals surface area contributed by atoms with Crippen molar-refractivity contribution in [1.82, 2.24) is 24.6 Å². The lowest BCUT2D eigenvalue weighted by Crippen LogP contribution is -2.41. The second kappa shape index (κ2) is 7.12. The van der Waals surface area contributed by atoms with Crippen molar-refractivity contribution in [1.29, 1.82) is 0 Å². The highest BCUT2D eigenvalue weighted by atomic mass is 16.5. The number of pyridine rings is 1. The summed E-state index contributed by atoms with van der Waals surface area (Å²) in [5, 5.41) is 5.44. The van der Waals surface area contributed by atoms with Crippen LogP contribution in [0.15, 0.2) is 58.2 Å². The van der Waals surface area contributed by atoms with Gasteiger partial charge in [0.05, 0.1) is 11.8 Å². The van der Waals surface area contributed by atoms with Crippen LogP contribution in [0.3, 0.4) is 0 Å². The Morgan fingerprint density at radius 3 is 2.72 bits per heavy atom. The largest absolute Gasteiger partial charge is 0.356 e. The maximum atomic E-state index is 12.8. The van der Waals surface area contributed by atoms with Crippen molar-refractivity contribution in [3.05, 3.63) is 65.0 Å². The number of carbonyl (C=O) groups is 1. The van der Waals surface area contributed by atoms with Gasteiger partial charge in [0.15, 0.2) is 11.2 Å². The van der Waals surface area contributed by atoms with Gasteiger partial charge < -0.3 is 9.42 Å². The van der Waals surface area contributed by atoms with Crippen LogP contribution in [-0.4, -0.2) is 43.6 Å². The third kappa shape index (κ3) is 3.16. The zero-order valence-corrected chi connectivity index (χ0v) is 15.7. The van der Waals surface area contributed by atoms with E-state index in [0.29, 0.717) is 48.2 Å². The summed E-state index contributed by atoms with van der Waals surface area (Å²) in [5.74, 6) is 0.0238. The van der Waals surface area contributed by atoms with Gasteiger partial charge in [0, 0.05) is 30.7 Å². The number of carbonyl (C=O) groups excluding carboxylic acids is 1. The van der Waals surface area contributed by atoms with Gasteiger partial charge in [-0.2, -0.15) is 0 Å². The van der Waals surface area contributed by atoms with E-state index in [1.165, 1.54) is 0 Å². The Bertz CT molecular complexity index is 1250. The highest BCUT2D eigenvalue weighted by Crippen LogP contribution is 2.23. The summed E-state index contributed by atoms with van der Waals surface area (Å²) in [6.07, 6.45) is 4.82. The Morgan fingerprint density at radius 1 is 1.07 bits per heavy atom. The molecular formula is C21H19N5O3. The van der Waals surface area contributed by atoms with Crippen molar-refractivity contribution >= 4 is 27.9 Å². The van der Waals surface area contributed by atoms with E-state index in [-0.39, 0.29) is 23.9 Å². The molecule has 0 spiro atoms. The summed E-state index contributed by atoms with van der Waals surface area (Å²) in [4.78, 5) is 35.8. The van der Waals surface area contributed by atoms with Crippen LogP contribution in [0.2, 0.25) is 0 Å². The summed E-state index contributed by atoms with van der Waals surface area (Å²) in [6.45, 7) is 1.19. The minimum Gasteiger partial charge on any atom is -0.356 e. The molecule has 0 N–H and O–H groups in total. The molecule has 1 aromatic carbocycles. The van der Waals surface area contributed by atoms with Gasteiger partial charge in [0.2, 0.25) is 5.91 Å². The number of amides is 1. The monoisotopic (exact) mass is 389 g/mol. The minimum atomic E-state index is -0.0815. The van der Waals surface area contributed by atoms with Crippen LogP contribution < -0.4 is 5.56 Å². The van der Waals surface area contributed by atoms with E-state index in [2.05, 4.69) is 15.1 Å². The first-order chi connectivity index (χ1) is 14.2. The normalized spacial score (nSPS) is 15.2. The standard InChI is InChI=1S/C21H19N5O3/c27-19(12-17-15-4-1-2-6-18(15)29-24-17)25-10-7-14(8-11-25)26-13-23-20-16(21(26)28)5-3-9-22-20/h1-6,9,13-14H,7-8,10-12H2. The maximum Gasteiger partial charge on any atom is 0.263 e. The van der Waals surface area contributed by atoms with Crippen molar-refractivity contribution < 1.29 is 9.32 Å². The van der Waals surface area contributed by atoms with Gasteiger partial charge in [0.25, 0.3) is 5.56 Å². The van der Waals surface area contributed by atoms with Crippen LogP contribution in [-0.2, 0) is 11.2 Å². The van der Waals surface area contributed by atoms with E-state index in [1.807, 2.05) is 29.2 Å². The topological polar surface area (TPSA) is 94.1 Å². The molecule has 0 saturated carbocycles. The van der Waals surface area contributed by atoms with E-state index in [9.17, 15) is 9.59 Å². The highest BCUT2D eigenvalue weighted by Gasteiger charge is 2.26. The molecule has 0 bridgehead atoms. The third-order valence-corrected chi connectivity index (χ3v) is 5.54. The van der Waals surface area contributed by atoms with Gasteiger partial charge in [-0.15, -0.1) is 0 Å². The third-order valence-electron chi connectivity index (χ3n) is 5.54. The summed E-state index contributed by atoms with van der Waals surface area (Å²) < 4.78 is 6.97. The zero-order chi connectivity index (χ0) is 19.8. The van der Waals surface area contributed by atoms with Crippen molar-refractivity contribution in [2.24, 2.45) is 0 Å². The van der Waals surface area contributed by atoms with Crippen molar-refractivity contribution in [2.45, 2.75) is 25.3 Å². The lowest BCUT2D eigenvalue weighted by atomic mass is 10.0. The molecule has 1 saturated heterocycles. The van der Waals surface area contributed by atoms with Gasteiger partial charge in [-0.1, -0.05) is 17.3 Å². The van der Waals surface area contributed by atoms with Gasteiger partial charge in [-0.05, 0) is 37.1 Å². The summed E-state index contributed by atoms with van der Waals surface area (Å²) in [5.41, 5.74) is 1.73. The number of piperidine rings is 1. The van der Waals surface area contributed by atoms with Gasteiger partial charge >= 0.3 is 0 Å². The van der Waals surface area contributed by atoms with Crippen LogP contribution in [0.1, 0.15) is 24.6 Å². The number of hydrogen-bond acceptors (Lipinski definition) is 6. The van der Waals surface area contributed by atoms with Crippen LogP contribution in [0.5, 0.6) is 0 Å². The smallest absolute Gasteiger partial charge is 0.263 e. The van der Waals surface area contributed by atoms with Crippen LogP contribution in [0, 0.1) is 0 Å². The Hall–Kier alpha value is -3.55. The first kappa shape index (κ1) is 17.5. The number of para-hydroxylation sites is 1. The molecule has 1 amide bonds. The second-order valence-corrected chi connectivity index (χ2v) is 7.25. The number of aromatic nitrogens is 4. The Labute approximate surface area is 165 Å². The Morgan fingerprint density at radius 2 is 1.86 bits per heavy atom. The molecule has 4 heterocycles. The van der Waals surface area contributed by atoms with Crippen LogP contribution >= 0.6 is 0 Å². The molecule has 0 aliphatic carbocycles. The quantitative estimate of drug-likeness (QED) is 0.534. The molecule has 1 fully saturated rings. The van der Waals surface area contributed by atoms with Crippen molar-refractivity contribution in [3.8, 4) is 0 Å². The summed E-state index contributed by atoms with van der Waals surface area (Å²) >= 11 is 0. The minimum absolute atomic E-state index is 0.0238. The first-order valence-corrected chi connectivity index (χ1v) is 9.63. The summed E-state index contributed by atoms with van der Waals surface area (Å²) in [6, 6.07) is 11.0. The average Bonchev–Trinajstić information content (AvgIpc) is 3.17. The van der Waals surface area contributed by atoms with E-state index in [4.69, 9.17) is 4.52 Å². The van der Waals surface area contributed by atoms with Gasteiger partial charge in [-0.25, -0.2) is 9.97 Å². The number of fused-ring (bicyclic) bond motifs is 2. The average molecular weight is 389 g/mol. The Balaban J connectivity index is 1.28. The molecule has 8 heteroatoms. The predicted molar refractivity (Wildman–Crippen MR) is 106 cm³/mol. The van der Waals surface area contributed by atoms with E-state index >= 15 is 0 Å². The summed E-state index contributed by atoms with van der Waals surface area (Å²) in [7, 11) is 0. The van der Waals surface area contributed by atoms with Gasteiger partial charge in [-0.3, -0.25) is 14.2 Å². The number of rotatable bonds is 3.